The summed E-state index contributed by atoms with van der Waals surface area (Å²) in [4.78, 5) is 23.1. The molecule has 0 radical (unpaired) electrons. The number of aryl methyl sites for hydroxylation is 2. The molecule has 0 saturated heterocycles. The summed E-state index contributed by atoms with van der Waals surface area (Å²) in [6.07, 6.45) is 3.24. The normalized spacial score (nSPS) is 10.5. The Hall–Kier alpha value is -3.24. The van der Waals surface area contributed by atoms with Crippen LogP contribution < -0.4 is 0 Å². The molecule has 6 nitrogen and oxygen atoms in total. The molecule has 0 aliphatic heterocycles. The van der Waals surface area contributed by atoms with E-state index in [9.17, 15) is 18.4 Å². The topological polar surface area (TPSA) is 69.8 Å². The number of hydrogen-bond donors (Lipinski definition) is 0. The Morgan fingerprint density at radius 3 is 1.35 bits per heavy atom. The smallest absolute Gasteiger partial charge is 0.190 e. The first-order valence-corrected chi connectivity index (χ1v) is 11.7. The Kier molecular flexibility index (Phi) is 8.41. The van der Waals surface area contributed by atoms with E-state index in [1.54, 1.807) is 72.3 Å². The number of halogens is 2. The molecule has 0 unspecified atom stereocenters. The minimum Gasteiger partial charge on any atom is -0.287 e. The van der Waals surface area contributed by atoms with Gasteiger partial charge in [0.25, 0.3) is 0 Å². The van der Waals surface area contributed by atoms with Crippen molar-refractivity contribution < 1.29 is 18.4 Å². The van der Waals surface area contributed by atoms with E-state index in [1.807, 2.05) is 0 Å². The number of thioether (sulfide) groups is 2. The van der Waals surface area contributed by atoms with Crippen LogP contribution in [0.4, 0.5) is 8.78 Å². The van der Waals surface area contributed by atoms with Crippen molar-refractivity contribution in [3.8, 4) is 22.5 Å². The van der Waals surface area contributed by atoms with Crippen LogP contribution in [0.5, 0.6) is 0 Å². The number of carbonyl (C=O) groups is 2. The van der Waals surface area contributed by atoms with E-state index in [4.69, 9.17) is 0 Å². The van der Waals surface area contributed by atoms with Gasteiger partial charge in [0.05, 0.1) is 11.4 Å². The molecular weight excluding hydrogens is 478 g/mol. The molecule has 4 rings (SSSR count). The predicted octanol–water partition coefficient (Wildman–Crippen LogP) is 5.73. The second kappa shape index (κ2) is 11.3. The lowest BCUT2D eigenvalue weighted by Gasteiger charge is -2.05. The number of nitrogens with zero attached hydrogens (tertiary/aromatic N) is 4. The van der Waals surface area contributed by atoms with Crippen molar-refractivity contribution in [2.24, 2.45) is 14.1 Å². The summed E-state index contributed by atoms with van der Waals surface area (Å²) in [7, 11) is 3.51. The van der Waals surface area contributed by atoms with Gasteiger partial charge in [-0.25, -0.2) is 8.78 Å². The maximum atomic E-state index is 13.9. The molecule has 2 aromatic heterocycles. The molecule has 176 valence electrons. The lowest BCUT2D eigenvalue weighted by atomic mass is 10.1. The van der Waals surface area contributed by atoms with Gasteiger partial charge in [-0.1, -0.05) is 23.5 Å². The minimum atomic E-state index is -0.347. The van der Waals surface area contributed by atoms with E-state index < -0.39 is 0 Å². The molecule has 2 aromatic carbocycles. The average Bonchev–Trinajstić information content (AvgIpc) is 3.36. The summed E-state index contributed by atoms with van der Waals surface area (Å²) >= 11 is 2.04. The number of hydrogen-bond acceptors (Lipinski definition) is 6. The molecule has 34 heavy (non-hydrogen) atoms. The molecule has 4 aromatic rings. The van der Waals surface area contributed by atoms with Gasteiger partial charge in [0, 0.05) is 61.3 Å². The minimum absolute atomic E-state index is 0.0577. The fourth-order valence-corrected chi connectivity index (χ4v) is 4.40. The molecule has 0 fully saturated rings. The van der Waals surface area contributed by atoms with E-state index >= 15 is 0 Å². The van der Waals surface area contributed by atoms with Gasteiger partial charge in [-0.05, 0) is 48.5 Å². The summed E-state index contributed by atoms with van der Waals surface area (Å²) < 4.78 is 31.0. The Balaban J connectivity index is 0.000000191. The van der Waals surface area contributed by atoms with Crippen molar-refractivity contribution in [3.05, 3.63) is 72.6 Å². The zero-order valence-corrected chi connectivity index (χ0v) is 20.6. The van der Waals surface area contributed by atoms with Gasteiger partial charge >= 0.3 is 0 Å². The molecule has 0 saturated carbocycles. The van der Waals surface area contributed by atoms with Gasteiger partial charge in [-0.3, -0.25) is 19.0 Å². The predicted molar refractivity (Wildman–Crippen MR) is 130 cm³/mol. The highest BCUT2D eigenvalue weighted by molar-refractivity contribution is 8.13. The standard InChI is InChI=1S/2C12H11FN2OS/c2*1-8(16)17-9-3-4-10(11(13)7-9)12-5-6-14-15(12)2/h2*3-7H,1-2H3. The van der Waals surface area contributed by atoms with E-state index in [2.05, 4.69) is 10.2 Å². The van der Waals surface area contributed by atoms with Crippen LogP contribution in [0.1, 0.15) is 13.8 Å². The number of benzene rings is 2. The third kappa shape index (κ3) is 6.42. The monoisotopic (exact) mass is 500 g/mol. The lowest BCUT2D eigenvalue weighted by molar-refractivity contribution is -0.109. The fraction of sp³-hybridized carbons (Fsp3) is 0.167. The molecule has 0 spiro atoms. The molecule has 0 bridgehead atoms. The Morgan fingerprint density at radius 2 is 1.09 bits per heavy atom. The van der Waals surface area contributed by atoms with E-state index in [0.717, 1.165) is 23.5 Å². The maximum absolute atomic E-state index is 13.9. The fourth-order valence-electron chi connectivity index (χ4n) is 3.14. The molecule has 0 atom stereocenters. The van der Waals surface area contributed by atoms with Crippen LogP contribution in [0.3, 0.4) is 0 Å². The van der Waals surface area contributed by atoms with Crippen LogP contribution in [0.15, 0.2) is 70.7 Å². The van der Waals surface area contributed by atoms with Gasteiger partial charge < -0.3 is 0 Å². The van der Waals surface area contributed by atoms with Gasteiger partial charge in [-0.2, -0.15) is 10.2 Å². The molecule has 0 N–H and O–H groups in total. The zero-order valence-electron chi connectivity index (χ0n) is 19.0. The van der Waals surface area contributed by atoms with Gasteiger partial charge in [-0.15, -0.1) is 0 Å². The SMILES string of the molecule is CC(=O)Sc1ccc(-c2ccnn2C)c(F)c1.CC(=O)Sc1ccc(-c2ccnn2C)c(F)c1. The summed E-state index contributed by atoms with van der Waals surface area (Å²) in [6.45, 7) is 2.91. The van der Waals surface area contributed by atoms with Crippen molar-refractivity contribution in [2.75, 3.05) is 0 Å². The molecular formula is C24H22F2N4O2S2. The van der Waals surface area contributed by atoms with Gasteiger partial charge in [0.1, 0.15) is 11.6 Å². The largest absolute Gasteiger partial charge is 0.287 e. The van der Waals surface area contributed by atoms with Crippen LogP contribution in [-0.2, 0) is 23.7 Å². The van der Waals surface area contributed by atoms with Crippen LogP contribution in [0, 0.1) is 11.6 Å². The lowest BCUT2D eigenvalue weighted by Crippen LogP contribution is -1.95. The van der Waals surface area contributed by atoms with Crippen molar-refractivity contribution in [3.63, 3.8) is 0 Å². The first-order chi connectivity index (χ1) is 16.2. The molecule has 2 heterocycles. The van der Waals surface area contributed by atoms with E-state index in [-0.39, 0.29) is 21.9 Å². The van der Waals surface area contributed by atoms with Crippen molar-refractivity contribution in [1.29, 1.82) is 0 Å². The Bertz CT molecular complexity index is 1230. The van der Waals surface area contributed by atoms with Crippen LogP contribution in [0.25, 0.3) is 22.5 Å². The first-order valence-electron chi connectivity index (χ1n) is 10.1. The summed E-state index contributed by atoms with van der Waals surface area (Å²) in [6, 6.07) is 13.0. The highest BCUT2D eigenvalue weighted by Crippen LogP contribution is 2.28. The third-order valence-corrected chi connectivity index (χ3v) is 6.15. The van der Waals surface area contributed by atoms with Crippen molar-refractivity contribution in [1.82, 2.24) is 19.6 Å². The Morgan fingerprint density at radius 1 is 0.706 bits per heavy atom. The quantitative estimate of drug-likeness (QED) is 0.333. The van der Waals surface area contributed by atoms with Crippen LogP contribution >= 0.6 is 23.5 Å². The number of rotatable bonds is 4. The van der Waals surface area contributed by atoms with Crippen LogP contribution in [-0.4, -0.2) is 29.8 Å². The first kappa shape index (κ1) is 25.4. The van der Waals surface area contributed by atoms with E-state index in [1.165, 1.54) is 26.0 Å². The Labute approximate surface area is 204 Å². The molecule has 0 aliphatic carbocycles. The average molecular weight is 501 g/mol. The highest BCUT2D eigenvalue weighted by Gasteiger charge is 2.11. The summed E-state index contributed by atoms with van der Waals surface area (Å²) in [5.41, 5.74) is 2.39. The number of aromatic nitrogens is 4. The van der Waals surface area contributed by atoms with Gasteiger partial charge in [0.15, 0.2) is 10.2 Å². The summed E-state index contributed by atoms with van der Waals surface area (Å²) in [5, 5.41) is 7.88. The molecule has 0 aliphatic rings. The summed E-state index contributed by atoms with van der Waals surface area (Å²) in [5.74, 6) is -0.695. The third-order valence-electron chi connectivity index (χ3n) is 4.60. The molecule has 10 heteroatoms. The van der Waals surface area contributed by atoms with Crippen molar-refractivity contribution in [2.45, 2.75) is 23.6 Å². The van der Waals surface area contributed by atoms with E-state index in [0.29, 0.717) is 32.3 Å². The second-order valence-corrected chi connectivity index (χ2v) is 9.65. The highest BCUT2D eigenvalue weighted by atomic mass is 32.2. The maximum Gasteiger partial charge on any atom is 0.190 e. The van der Waals surface area contributed by atoms with Crippen molar-refractivity contribution >= 4 is 33.8 Å². The number of carbonyl (C=O) groups excluding carboxylic acids is 2. The second-order valence-electron chi connectivity index (χ2n) is 7.15. The zero-order chi connectivity index (χ0) is 24.8. The van der Waals surface area contributed by atoms with Crippen LogP contribution in [0.2, 0.25) is 0 Å². The van der Waals surface area contributed by atoms with Gasteiger partial charge in [0.2, 0.25) is 0 Å². The molecule has 0 amide bonds.